The van der Waals surface area contributed by atoms with Gasteiger partial charge in [-0.05, 0) is 35.7 Å². The lowest BCUT2D eigenvalue weighted by Gasteiger charge is -2.35. The van der Waals surface area contributed by atoms with Crippen LogP contribution in [0.2, 0.25) is 0 Å². The average molecular weight is 488 g/mol. The molecule has 0 unspecified atom stereocenters. The Bertz CT molecular complexity index is 1250. The van der Waals surface area contributed by atoms with Crippen LogP contribution in [0.4, 0.5) is 0 Å². The van der Waals surface area contributed by atoms with Gasteiger partial charge in [-0.2, -0.15) is 0 Å². The van der Waals surface area contributed by atoms with Crippen molar-refractivity contribution in [2.24, 2.45) is 0 Å². The van der Waals surface area contributed by atoms with Gasteiger partial charge in [0, 0.05) is 32.7 Å². The molecule has 0 radical (unpaired) electrons. The first-order valence-corrected chi connectivity index (χ1v) is 12.8. The molecule has 4 aromatic rings. The third-order valence-electron chi connectivity index (χ3n) is 6.35. The zero-order chi connectivity index (χ0) is 24.0. The molecule has 1 aliphatic heterocycles. The van der Waals surface area contributed by atoms with Crippen molar-refractivity contribution in [3.05, 3.63) is 89.7 Å². The van der Waals surface area contributed by atoms with E-state index in [1.54, 1.807) is 6.26 Å². The van der Waals surface area contributed by atoms with E-state index in [9.17, 15) is 4.79 Å². The summed E-state index contributed by atoms with van der Waals surface area (Å²) in [5.74, 6) is 1.80. The predicted molar refractivity (Wildman–Crippen MR) is 137 cm³/mol. The Balaban J connectivity index is 1.20. The van der Waals surface area contributed by atoms with Crippen molar-refractivity contribution < 1.29 is 9.21 Å². The van der Waals surface area contributed by atoms with E-state index in [1.807, 2.05) is 39.8 Å². The van der Waals surface area contributed by atoms with Crippen LogP contribution in [0.25, 0.3) is 11.6 Å². The number of hydrogen-bond donors (Lipinski definition) is 0. The molecule has 5 rings (SSSR count). The summed E-state index contributed by atoms with van der Waals surface area (Å²) in [6, 6.07) is 22.4. The van der Waals surface area contributed by atoms with Crippen LogP contribution >= 0.6 is 11.8 Å². The predicted octanol–water partition coefficient (Wildman–Crippen LogP) is 4.33. The second-order valence-electron chi connectivity index (χ2n) is 8.73. The van der Waals surface area contributed by atoms with Gasteiger partial charge >= 0.3 is 0 Å². The molecule has 180 valence electrons. The molecule has 0 saturated carbocycles. The van der Waals surface area contributed by atoms with E-state index < -0.39 is 0 Å². The maximum absolute atomic E-state index is 13.0. The third kappa shape index (κ3) is 5.66. The quantitative estimate of drug-likeness (QED) is 0.345. The normalized spacial score (nSPS) is 14.4. The van der Waals surface area contributed by atoms with Gasteiger partial charge in [0.1, 0.15) is 0 Å². The Hall–Kier alpha value is -3.36. The minimum absolute atomic E-state index is 0.138. The van der Waals surface area contributed by atoms with Gasteiger partial charge < -0.3 is 9.32 Å². The summed E-state index contributed by atoms with van der Waals surface area (Å²) in [6.07, 6.45) is 1.63. The van der Waals surface area contributed by atoms with Crippen molar-refractivity contribution in [1.82, 2.24) is 24.6 Å². The van der Waals surface area contributed by atoms with Gasteiger partial charge in [0.15, 0.2) is 10.9 Å². The Kier molecular flexibility index (Phi) is 7.30. The number of hydrogen-bond acceptors (Lipinski definition) is 6. The smallest absolute Gasteiger partial charge is 0.233 e. The van der Waals surface area contributed by atoms with E-state index in [4.69, 9.17) is 4.42 Å². The van der Waals surface area contributed by atoms with Crippen molar-refractivity contribution in [3.8, 4) is 11.6 Å². The number of amides is 1. The summed E-state index contributed by atoms with van der Waals surface area (Å²) >= 11 is 1.43. The summed E-state index contributed by atoms with van der Waals surface area (Å²) < 4.78 is 7.60. The van der Waals surface area contributed by atoms with Crippen LogP contribution in [-0.4, -0.2) is 62.4 Å². The Morgan fingerprint density at radius 3 is 2.43 bits per heavy atom. The van der Waals surface area contributed by atoms with E-state index in [1.165, 1.54) is 22.9 Å². The van der Waals surface area contributed by atoms with Crippen LogP contribution < -0.4 is 0 Å². The molecule has 3 heterocycles. The van der Waals surface area contributed by atoms with Gasteiger partial charge in [-0.3, -0.25) is 14.3 Å². The van der Waals surface area contributed by atoms with Gasteiger partial charge in [-0.15, -0.1) is 10.2 Å². The molecule has 0 spiro atoms. The molecule has 1 fully saturated rings. The minimum atomic E-state index is 0.138. The number of piperazine rings is 1. The highest BCUT2D eigenvalue weighted by Crippen LogP contribution is 2.26. The van der Waals surface area contributed by atoms with E-state index in [2.05, 4.69) is 58.4 Å². The number of benzene rings is 2. The van der Waals surface area contributed by atoms with Crippen LogP contribution in [-0.2, 0) is 17.9 Å². The Labute approximate surface area is 209 Å². The Morgan fingerprint density at radius 1 is 0.914 bits per heavy atom. The van der Waals surface area contributed by atoms with Crippen LogP contribution in [0, 0.1) is 6.92 Å². The lowest BCUT2D eigenvalue weighted by molar-refractivity contribution is -0.130. The highest BCUT2D eigenvalue weighted by atomic mass is 32.2. The summed E-state index contributed by atoms with van der Waals surface area (Å²) in [6.45, 7) is 6.97. The van der Waals surface area contributed by atoms with Crippen LogP contribution in [0.3, 0.4) is 0 Å². The molecule has 8 heteroatoms. The Morgan fingerprint density at radius 2 is 1.69 bits per heavy atom. The molecule has 1 saturated heterocycles. The number of nitrogens with zero attached hydrogens (tertiary/aromatic N) is 5. The number of furan rings is 1. The van der Waals surface area contributed by atoms with E-state index in [0.29, 0.717) is 29.0 Å². The maximum atomic E-state index is 13.0. The first-order chi connectivity index (χ1) is 17.2. The summed E-state index contributed by atoms with van der Waals surface area (Å²) in [5.41, 5.74) is 3.81. The number of aryl methyl sites for hydroxylation is 1. The molecule has 1 aliphatic rings. The molecular formula is C27H29N5O2S. The second kappa shape index (κ2) is 10.9. The first kappa shape index (κ1) is 23.4. The highest BCUT2D eigenvalue weighted by Gasteiger charge is 2.23. The summed E-state index contributed by atoms with van der Waals surface area (Å²) in [4.78, 5) is 17.4. The van der Waals surface area contributed by atoms with E-state index >= 15 is 0 Å². The van der Waals surface area contributed by atoms with Crippen molar-refractivity contribution >= 4 is 17.7 Å². The number of carbonyl (C=O) groups excluding carboxylic acids is 1. The molecule has 35 heavy (non-hydrogen) atoms. The maximum Gasteiger partial charge on any atom is 0.233 e. The standard InChI is InChI=1S/C27H29N5O2S/c1-21-8-5-6-11-23(21)19-30-13-15-31(16-14-30)25(33)20-35-27-29-28-26(24-12-7-17-34-24)32(27)18-22-9-3-2-4-10-22/h2-12,17H,13-16,18-20H2,1H3. The van der Waals surface area contributed by atoms with E-state index in [-0.39, 0.29) is 5.91 Å². The van der Waals surface area contributed by atoms with Gasteiger partial charge in [0.2, 0.25) is 11.7 Å². The number of carbonyl (C=O) groups is 1. The number of rotatable bonds is 8. The topological polar surface area (TPSA) is 67.4 Å². The molecule has 1 amide bonds. The van der Waals surface area contributed by atoms with Crippen LogP contribution in [0.15, 0.2) is 82.6 Å². The van der Waals surface area contributed by atoms with Crippen molar-refractivity contribution in [2.75, 3.05) is 31.9 Å². The zero-order valence-corrected chi connectivity index (χ0v) is 20.7. The van der Waals surface area contributed by atoms with Gasteiger partial charge in [0.05, 0.1) is 18.6 Å². The van der Waals surface area contributed by atoms with Crippen LogP contribution in [0.5, 0.6) is 0 Å². The van der Waals surface area contributed by atoms with Crippen molar-refractivity contribution in [3.63, 3.8) is 0 Å². The molecule has 7 nitrogen and oxygen atoms in total. The summed E-state index contributed by atoms with van der Waals surface area (Å²) in [5, 5.41) is 9.47. The SMILES string of the molecule is Cc1ccccc1CN1CCN(C(=O)CSc2nnc(-c3ccco3)n2Cc2ccccc2)CC1. The second-order valence-corrected chi connectivity index (χ2v) is 9.67. The van der Waals surface area contributed by atoms with Crippen molar-refractivity contribution in [2.45, 2.75) is 25.2 Å². The summed E-state index contributed by atoms with van der Waals surface area (Å²) in [7, 11) is 0. The highest BCUT2D eigenvalue weighted by molar-refractivity contribution is 7.99. The lowest BCUT2D eigenvalue weighted by atomic mass is 10.1. The molecule has 0 atom stereocenters. The molecule has 2 aromatic heterocycles. The number of aromatic nitrogens is 3. The molecule has 0 aliphatic carbocycles. The van der Waals surface area contributed by atoms with Gasteiger partial charge in [-0.25, -0.2) is 0 Å². The fourth-order valence-corrected chi connectivity index (χ4v) is 5.13. The molecule has 0 bridgehead atoms. The molecular weight excluding hydrogens is 458 g/mol. The zero-order valence-electron chi connectivity index (χ0n) is 19.8. The van der Waals surface area contributed by atoms with E-state index in [0.717, 1.165) is 38.3 Å². The molecule has 0 N–H and O–H groups in total. The van der Waals surface area contributed by atoms with Crippen molar-refractivity contribution in [1.29, 1.82) is 0 Å². The molecule has 2 aromatic carbocycles. The minimum Gasteiger partial charge on any atom is -0.461 e. The first-order valence-electron chi connectivity index (χ1n) is 11.9. The van der Waals surface area contributed by atoms with Gasteiger partial charge in [0.25, 0.3) is 0 Å². The lowest BCUT2D eigenvalue weighted by Crippen LogP contribution is -2.48. The monoisotopic (exact) mass is 487 g/mol. The van der Waals surface area contributed by atoms with Crippen LogP contribution in [0.1, 0.15) is 16.7 Å². The average Bonchev–Trinajstić information content (AvgIpc) is 3.55. The largest absolute Gasteiger partial charge is 0.461 e. The fraction of sp³-hybridized carbons (Fsp3) is 0.296. The third-order valence-corrected chi connectivity index (χ3v) is 7.30. The van der Waals surface area contributed by atoms with Gasteiger partial charge in [-0.1, -0.05) is 66.4 Å². The number of thioether (sulfide) groups is 1. The fourth-order valence-electron chi connectivity index (χ4n) is 4.29.